The third-order valence-electron chi connectivity index (χ3n) is 2.08. The van der Waals surface area contributed by atoms with Crippen LogP contribution in [0.1, 0.15) is 48.0 Å². The van der Waals surface area contributed by atoms with Crippen LogP contribution in [-0.4, -0.2) is 0 Å². The molecule has 0 heterocycles. The smallest absolute Gasteiger partial charge is 0.0234 e. The molecular formula is C10H22. The van der Waals surface area contributed by atoms with Crippen molar-refractivity contribution in [1.82, 2.24) is 0 Å². The van der Waals surface area contributed by atoms with Gasteiger partial charge in [0, 0.05) is 0 Å². The van der Waals surface area contributed by atoms with E-state index >= 15 is 0 Å². The zero-order valence-corrected chi connectivity index (χ0v) is 5.78. The van der Waals surface area contributed by atoms with Crippen LogP contribution < -0.4 is 0 Å². The lowest BCUT2D eigenvalue weighted by molar-refractivity contribution is 0.552. The second-order valence-electron chi connectivity index (χ2n) is 2.78. The topological polar surface area (TPSA) is 0 Å². The average Bonchev–Trinajstić information content (AvgIpc) is 1.77. The first-order chi connectivity index (χ1) is 3.80. The molecule has 0 fully saturated rings. The van der Waals surface area contributed by atoms with E-state index in [1.165, 1.54) is 19.3 Å². The molecule has 1 aliphatic rings. The van der Waals surface area contributed by atoms with Crippen molar-refractivity contribution in [3.63, 3.8) is 0 Å². The Bertz CT molecular complexity index is 101. The Balaban J connectivity index is 0. The predicted molar refractivity (Wildman–Crippen MR) is 50.2 cm³/mol. The van der Waals surface area contributed by atoms with Gasteiger partial charge in [0.2, 0.25) is 0 Å². The number of allylic oxidation sites excluding steroid dienone is 2. The van der Waals surface area contributed by atoms with E-state index in [1.807, 2.05) is 0 Å². The highest BCUT2D eigenvalue weighted by Gasteiger charge is 2.06. The zero-order chi connectivity index (χ0) is 5.98. The van der Waals surface area contributed by atoms with Crippen molar-refractivity contribution in [1.29, 1.82) is 0 Å². The highest BCUT2D eigenvalue weighted by molar-refractivity contribution is 5.04. The van der Waals surface area contributed by atoms with E-state index in [2.05, 4.69) is 19.9 Å². The number of hydrogen-bond acceptors (Lipinski definition) is 0. The minimum atomic E-state index is 0. The van der Waals surface area contributed by atoms with Crippen molar-refractivity contribution in [2.24, 2.45) is 5.92 Å². The lowest BCUT2D eigenvalue weighted by atomic mass is 9.91. The van der Waals surface area contributed by atoms with Gasteiger partial charge >= 0.3 is 0 Å². The van der Waals surface area contributed by atoms with Crippen LogP contribution in [-0.2, 0) is 0 Å². The van der Waals surface area contributed by atoms with Crippen LogP contribution in [0.3, 0.4) is 0 Å². The Labute approximate surface area is 66.3 Å². The van der Waals surface area contributed by atoms with Gasteiger partial charge in [0.25, 0.3) is 0 Å². The first-order valence-corrected chi connectivity index (χ1v) is 3.47. The van der Waals surface area contributed by atoms with Crippen LogP contribution in [0.2, 0.25) is 0 Å². The molecule has 0 aromatic carbocycles. The Morgan fingerprint density at radius 3 is 2.30 bits per heavy atom. The van der Waals surface area contributed by atoms with Crippen LogP contribution in [0.25, 0.3) is 0 Å². The van der Waals surface area contributed by atoms with Crippen molar-refractivity contribution in [2.45, 2.75) is 48.0 Å². The first kappa shape index (κ1) is 12.4. The lowest BCUT2D eigenvalue weighted by Crippen LogP contribution is -2.00. The highest BCUT2D eigenvalue weighted by atomic mass is 14.1. The summed E-state index contributed by atoms with van der Waals surface area (Å²) in [7, 11) is 0. The fraction of sp³-hybridized carbons (Fsp3) is 0.800. The maximum Gasteiger partial charge on any atom is -0.0234 e. The van der Waals surface area contributed by atoms with E-state index in [4.69, 9.17) is 0 Å². The van der Waals surface area contributed by atoms with Crippen molar-refractivity contribution in [2.75, 3.05) is 0 Å². The van der Waals surface area contributed by atoms with Gasteiger partial charge < -0.3 is 0 Å². The summed E-state index contributed by atoms with van der Waals surface area (Å²) in [5.41, 5.74) is 1.59. The van der Waals surface area contributed by atoms with Gasteiger partial charge in [-0.25, -0.2) is 0 Å². The van der Waals surface area contributed by atoms with Gasteiger partial charge in [0.05, 0.1) is 0 Å². The monoisotopic (exact) mass is 142 g/mol. The Kier molecular flexibility index (Phi) is 6.85. The van der Waals surface area contributed by atoms with Gasteiger partial charge in [0.1, 0.15) is 0 Å². The normalized spacial score (nSPS) is 23.8. The van der Waals surface area contributed by atoms with E-state index in [0.29, 0.717) is 0 Å². The number of rotatable bonds is 0. The zero-order valence-electron chi connectivity index (χ0n) is 5.78. The molecule has 0 aromatic rings. The summed E-state index contributed by atoms with van der Waals surface area (Å²) in [4.78, 5) is 0. The van der Waals surface area contributed by atoms with E-state index in [9.17, 15) is 0 Å². The predicted octanol–water partition coefficient (Wildman–Crippen LogP) is 4.02. The molecule has 1 atom stereocenters. The number of hydrogen-bond donors (Lipinski definition) is 0. The van der Waals surface area contributed by atoms with Crippen molar-refractivity contribution < 1.29 is 0 Å². The first-order valence-electron chi connectivity index (χ1n) is 3.47. The second kappa shape index (κ2) is 5.52. The summed E-state index contributed by atoms with van der Waals surface area (Å²) in [6, 6.07) is 0. The average molecular weight is 142 g/mol. The Hall–Kier alpha value is -0.260. The fourth-order valence-electron chi connectivity index (χ4n) is 1.18. The summed E-state index contributed by atoms with van der Waals surface area (Å²) in [6.45, 7) is 4.55. The van der Waals surface area contributed by atoms with Crippen LogP contribution in [0.4, 0.5) is 0 Å². The molecular weight excluding hydrogens is 120 g/mol. The summed E-state index contributed by atoms with van der Waals surface area (Å²) >= 11 is 0. The summed E-state index contributed by atoms with van der Waals surface area (Å²) < 4.78 is 0. The molecule has 0 aromatic heterocycles. The Morgan fingerprint density at radius 1 is 1.40 bits per heavy atom. The highest BCUT2D eigenvalue weighted by Crippen LogP contribution is 2.22. The minimum Gasteiger partial charge on any atom is -0.0853 e. The summed E-state index contributed by atoms with van der Waals surface area (Å²) in [5, 5.41) is 0. The third-order valence-corrected chi connectivity index (χ3v) is 2.08. The largest absolute Gasteiger partial charge is 0.0853 e. The molecule has 10 heavy (non-hydrogen) atoms. The molecule has 0 amide bonds. The molecule has 0 heteroatoms. The molecule has 1 aliphatic carbocycles. The molecule has 1 rings (SSSR count). The minimum absolute atomic E-state index is 0. The lowest BCUT2D eigenvalue weighted by Gasteiger charge is -2.15. The van der Waals surface area contributed by atoms with E-state index in [0.717, 1.165) is 5.92 Å². The van der Waals surface area contributed by atoms with Gasteiger partial charge in [0.15, 0.2) is 0 Å². The molecule has 0 spiro atoms. The van der Waals surface area contributed by atoms with Gasteiger partial charge in [-0.2, -0.15) is 0 Å². The van der Waals surface area contributed by atoms with Gasteiger partial charge in [-0.1, -0.05) is 33.4 Å². The molecule has 0 radical (unpaired) electrons. The van der Waals surface area contributed by atoms with Crippen molar-refractivity contribution in [3.05, 3.63) is 11.6 Å². The molecule has 0 saturated heterocycles. The van der Waals surface area contributed by atoms with Crippen LogP contribution >= 0.6 is 0 Å². The van der Waals surface area contributed by atoms with E-state index < -0.39 is 0 Å². The van der Waals surface area contributed by atoms with Crippen LogP contribution in [0.5, 0.6) is 0 Å². The SMILES string of the molecule is C.C.CC1=CCCCC1C. The summed E-state index contributed by atoms with van der Waals surface area (Å²) in [6.07, 6.45) is 6.49. The van der Waals surface area contributed by atoms with Gasteiger partial charge in [-0.15, -0.1) is 0 Å². The molecule has 62 valence electrons. The van der Waals surface area contributed by atoms with Crippen molar-refractivity contribution >= 4 is 0 Å². The standard InChI is InChI=1S/C8H14.2CH4/c1-7-5-3-4-6-8(7)2;;/h5,8H,3-4,6H2,1-2H3;2*1H4. The second-order valence-corrected chi connectivity index (χ2v) is 2.78. The van der Waals surface area contributed by atoms with Crippen LogP contribution in [0, 0.1) is 5.92 Å². The maximum atomic E-state index is 2.37. The van der Waals surface area contributed by atoms with E-state index in [-0.39, 0.29) is 14.9 Å². The van der Waals surface area contributed by atoms with Crippen LogP contribution in [0.15, 0.2) is 11.6 Å². The molecule has 0 saturated carbocycles. The molecule has 0 bridgehead atoms. The maximum absolute atomic E-state index is 2.37. The van der Waals surface area contributed by atoms with Gasteiger partial charge in [-0.3, -0.25) is 0 Å². The van der Waals surface area contributed by atoms with E-state index in [1.54, 1.807) is 5.57 Å². The third kappa shape index (κ3) is 3.05. The van der Waals surface area contributed by atoms with Gasteiger partial charge in [-0.05, 0) is 32.1 Å². The quantitative estimate of drug-likeness (QED) is 0.448. The summed E-state index contributed by atoms with van der Waals surface area (Å²) in [5.74, 6) is 0.865. The van der Waals surface area contributed by atoms with Crippen molar-refractivity contribution in [3.8, 4) is 0 Å². The molecule has 0 aliphatic heterocycles. The molecule has 0 N–H and O–H groups in total. The molecule has 1 unspecified atom stereocenters. The fourth-order valence-corrected chi connectivity index (χ4v) is 1.18. The molecule has 0 nitrogen and oxygen atoms in total. The Morgan fingerprint density at radius 2 is 2.00 bits per heavy atom.